The van der Waals surface area contributed by atoms with Crippen LogP contribution in [0.5, 0.6) is 0 Å². The molecule has 3 N–H and O–H groups in total. The van der Waals surface area contributed by atoms with E-state index >= 15 is 0 Å². The van der Waals surface area contributed by atoms with Gasteiger partial charge in [-0.2, -0.15) is 10.1 Å². The van der Waals surface area contributed by atoms with Gasteiger partial charge >= 0.3 is 0 Å². The maximum absolute atomic E-state index is 13.6. The smallest absolute Gasteiger partial charge is 0.263 e. The summed E-state index contributed by atoms with van der Waals surface area (Å²) in [5.74, 6) is 0.580. The van der Waals surface area contributed by atoms with Crippen LogP contribution in [0.4, 0.5) is 5.95 Å². The fourth-order valence-corrected chi connectivity index (χ4v) is 8.22. The molecular formula is C32H38N6O2S. The minimum Gasteiger partial charge on any atom is -0.342 e. The highest BCUT2D eigenvalue weighted by atomic mass is 32.2. The highest BCUT2D eigenvalue weighted by molar-refractivity contribution is 7.84. The second-order valence-corrected chi connectivity index (χ2v) is 15.1. The van der Waals surface area contributed by atoms with Gasteiger partial charge in [0.2, 0.25) is 5.95 Å². The van der Waals surface area contributed by atoms with E-state index in [-0.39, 0.29) is 27.2 Å². The first-order valence-electron chi connectivity index (χ1n) is 14.8. The molecular weight excluding hydrogens is 532 g/mol. The van der Waals surface area contributed by atoms with Crippen molar-refractivity contribution in [2.45, 2.75) is 75.5 Å². The van der Waals surface area contributed by atoms with Gasteiger partial charge in [-0.3, -0.25) is 14.9 Å². The molecule has 0 radical (unpaired) electrons. The van der Waals surface area contributed by atoms with Crippen LogP contribution in [-0.4, -0.2) is 42.2 Å². The maximum Gasteiger partial charge on any atom is 0.263 e. The Hall–Kier alpha value is -3.30. The number of hydrogen-bond acceptors (Lipinski definition) is 5. The van der Waals surface area contributed by atoms with Gasteiger partial charge in [0, 0.05) is 18.5 Å². The van der Waals surface area contributed by atoms with Crippen LogP contribution in [-0.2, 0) is 22.8 Å². The number of anilines is 1. The Morgan fingerprint density at radius 3 is 2.39 bits per heavy atom. The Kier molecular flexibility index (Phi) is 6.24. The molecule has 7 rings (SSSR count). The van der Waals surface area contributed by atoms with Crippen LogP contribution in [0, 0.1) is 5.41 Å². The lowest BCUT2D eigenvalue weighted by Gasteiger charge is -2.44. The number of fused-ring (bicyclic) bond motifs is 2. The van der Waals surface area contributed by atoms with Gasteiger partial charge in [-0.15, -0.1) is 0 Å². The van der Waals surface area contributed by atoms with Crippen molar-refractivity contribution in [3.63, 3.8) is 0 Å². The number of hydrogen-bond donors (Lipinski definition) is 3. The van der Waals surface area contributed by atoms with Crippen molar-refractivity contribution >= 4 is 28.0 Å². The first-order chi connectivity index (χ1) is 19.7. The fourth-order valence-electron chi connectivity index (χ4n) is 7.28. The summed E-state index contributed by atoms with van der Waals surface area (Å²) in [5.41, 5.74) is 4.80. The Balaban J connectivity index is 1.16. The molecule has 3 aliphatic rings. The molecule has 0 unspecified atom stereocenters. The van der Waals surface area contributed by atoms with Crippen molar-refractivity contribution in [2.24, 2.45) is 5.41 Å². The molecule has 2 aromatic carbocycles. The standard InChI is InChI=1S/C32H38N6O2S/c1-30(2,3)41(40)37-25-23-13-8-7-10-21(23)20-31(25)16-18-38(19-17-31)29-33-27-24(28(39)34-29)26(35-36-27)32(14-9-15-32)22-11-5-4-6-12-22/h4-8,10-13,25,37H,9,14-20H2,1-3H3,(H2,33,34,35,36,39)/t25-,41-/m1/s1. The topological polar surface area (TPSA) is 107 Å². The Morgan fingerprint density at radius 2 is 1.71 bits per heavy atom. The van der Waals surface area contributed by atoms with E-state index in [1.807, 2.05) is 26.8 Å². The van der Waals surface area contributed by atoms with Gasteiger partial charge in [0.05, 0.1) is 27.5 Å². The predicted molar refractivity (Wildman–Crippen MR) is 163 cm³/mol. The summed E-state index contributed by atoms with van der Waals surface area (Å²) < 4.78 is 16.4. The number of aromatic amines is 2. The first kappa shape index (κ1) is 26.6. The van der Waals surface area contributed by atoms with Gasteiger partial charge in [0.1, 0.15) is 5.39 Å². The normalized spacial score (nSPS) is 22.0. The van der Waals surface area contributed by atoms with Gasteiger partial charge < -0.3 is 4.90 Å². The van der Waals surface area contributed by atoms with Crippen LogP contribution in [0.15, 0.2) is 59.4 Å². The van der Waals surface area contributed by atoms with E-state index in [2.05, 4.69) is 73.3 Å². The highest BCUT2D eigenvalue weighted by Gasteiger charge is 2.49. The number of nitrogens with one attached hydrogen (secondary N) is 3. The lowest BCUT2D eigenvalue weighted by molar-refractivity contribution is 0.177. The molecule has 2 atom stereocenters. The monoisotopic (exact) mass is 570 g/mol. The van der Waals surface area contributed by atoms with Gasteiger partial charge in [-0.25, -0.2) is 8.93 Å². The van der Waals surface area contributed by atoms with Crippen LogP contribution in [0.1, 0.15) is 81.3 Å². The van der Waals surface area contributed by atoms with Crippen molar-refractivity contribution in [2.75, 3.05) is 18.0 Å². The number of rotatable bonds is 5. The van der Waals surface area contributed by atoms with E-state index in [1.165, 1.54) is 16.7 Å². The Morgan fingerprint density at radius 1 is 1.00 bits per heavy atom. The number of aromatic nitrogens is 4. The van der Waals surface area contributed by atoms with Crippen molar-refractivity contribution in [1.82, 2.24) is 24.9 Å². The van der Waals surface area contributed by atoms with Crippen LogP contribution >= 0.6 is 0 Å². The maximum atomic E-state index is 13.6. The molecule has 1 aliphatic heterocycles. The van der Waals surface area contributed by atoms with Crippen LogP contribution < -0.4 is 15.2 Å². The lowest BCUT2D eigenvalue weighted by atomic mass is 9.62. The minimum atomic E-state index is -1.18. The molecule has 214 valence electrons. The zero-order valence-electron chi connectivity index (χ0n) is 24.0. The number of nitrogens with zero attached hydrogens (tertiary/aromatic N) is 3. The summed E-state index contributed by atoms with van der Waals surface area (Å²) in [6.07, 6.45) is 5.88. The van der Waals surface area contributed by atoms with E-state index in [0.29, 0.717) is 17.0 Å². The third-order valence-electron chi connectivity index (χ3n) is 9.78. The van der Waals surface area contributed by atoms with Crippen LogP contribution in [0.2, 0.25) is 0 Å². The summed E-state index contributed by atoms with van der Waals surface area (Å²) in [6, 6.07) is 19.0. The molecule has 0 bridgehead atoms. The number of piperidine rings is 1. The summed E-state index contributed by atoms with van der Waals surface area (Å²) in [5, 5.41) is 8.35. The van der Waals surface area contributed by atoms with E-state index in [0.717, 1.165) is 57.3 Å². The molecule has 2 fully saturated rings. The Labute approximate surface area is 243 Å². The van der Waals surface area contributed by atoms with Crippen molar-refractivity contribution in [1.29, 1.82) is 0 Å². The summed E-state index contributed by atoms with van der Waals surface area (Å²) in [6.45, 7) is 7.55. The van der Waals surface area contributed by atoms with Gasteiger partial charge in [-0.05, 0) is 75.0 Å². The minimum absolute atomic E-state index is 0.0287. The Bertz CT molecular complexity index is 1680. The van der Waals surface area contributed by atoms with Crippen LogP contribution in [0.25, 0.3) is 11.0 Å². The van der Waals surface area contributed by atoms with E-state index < -0.39 is 11.0 Å². The summed E-state index contributed by atoms with van der Waals surface area (Å²) in [4.78, 5) is 23.7. The number of benzene rings is 2. The largest absolute Gasteiger partial charge is 0.342 e. The SMILES string of the molecule is CC(C)(C)[S@@](=O)N[C@@H]1c2ccccc2CC12CCN(c1nc3n[nH]c(C4(c5ccccc5)CCC4)c3c(=O)[nH]1)CC2. The molecule has 9 heteroatoms. The molecule has 1 saturated heterocycles. The molecule has 2 aromatic heterocycles. The lowest BCUT2D eigenvalue weighted by Crippen LogP contribution is -2.48. The van der Waals surface area contributed by atoms with E-state index in [1.54, 1.807) is 0 Å². The average molecular weight is 571 g/mol. The second-order valence-electron chi connectivity index (χ2n) is 13.1. The van der Waals surface area contributed by atoms with E-state index in [9.17, 15) is 9.00 Å². The molecule has 2 aliphatic carbocycles. The zero-order valence-corrected chi connectivity index (χ0v) is 24.8. The molecule has 41 heavy (non-hydrogen) atoms. The molecule has 1 spiro atoms. The molecule has 1 saturated carbocycles. The highest BCUT2D eigenvalue weighted by Crippen LogP contribution is 2.53. The van der Waals surface area contributed by atoms with E-state index in [4.69, 9.17) is 4.98 Å². The van der Waals surface area contributed by atoms with Gasteiger partial charge in [0.15, 0.2) is 5.65 Å². The van der Waals surface area contributed by atoms with Crippen molar-refractivity contribution < 1.29 is 4.21 Å². The van der Waals surface area contributed by atoms with Gasteiger partial charge in [0.25, 0.3) is 5.56 Å². The second kappa shape index (κ2) is 9.63. The quantitative estimate of drug-likeness (QED) is 0.311. The summed E-state index contributed by atoms with van der Waals surface area (Å²) in [7, 11) is -1.18. The fraction of sp³-hybridized carbons (Fsp3) is 0.469. The third kappa shape index (κ3) is 4.27. The first-order valence-corrected chi connectivity index (χ1v) is 15.9. The van der Waals surface area contributed by atoms with Crippen LogP contribution in [0.3, 0.4) is 0 Å². The third-order valence-corrected chi connectivity index (χ3v) is 11.3. The van der Waals surface area contributed by atoms with Gasteiger partial charge in [-0.1, -0.05) is 61.0 Å². The van der Waals surface area contributed by atoms with Crippen molar-refractivity contribution in [3.8, 4) is 0 Å². The zero-order chi connectivity index (χ0) is 28.4. The average Bonchev–Trinajstić information content (AvgIpc) is 3.49. The summed E-state index contributed by atoms with van der Waals surface area (Å²) >= 11 is 0. The molecule has 3 heterocycles. The predicted octanol–water partition coefficient (Wildman–Crippen LogP) is 5.05. The molecule has 8 nitrogen and oxygen atoms in total. The molecule has 4 aromatic rings. The number of H-pyrrole nitrogens is 2. The van der Waals surface area contributed by atoms with Crippen molar-refractivity contribution in [3.05, 3.63) is 87.3 Å². The molecule has 0 amide bonds.